The molecule has 1 aromatic carbocycles. The molecule has 96 valence electrons. The van der Waals surface area contributed by atoms with Gasteiger partial charge >= 0.3 is 6.18 Å². The van der Waals surface area contributed by atoms with Gasteiger partial charge in [0, 0.05) is 15.1 Å². The molecule has 0 atom stereocenters. The van der Waals surface area contributed by atoms with Gasteiger partial charge < -0.3 is 0 Å². The molecule has 17 heavy (non-hydrogen) atoms. The standard InChI is InChI=1S/C12H14BrF3S/c1-11(2,3)7-17-10-5-4-8(13)6-9(10)12(14,15)16/h4-6H,7H2,1-3H3. The summed E-state index contributed by atoms with van der Waals surface area (Å²) in [5.74, 6) is 0.651. The maximum Gasteiger partial charge on any atom is 0.417 e. The average Bonchev–Trinajstić information content (AvgIpc) is 2.13. The van der Waals surface area contributed by atoms with Crippen molar-refractivity contribution in [3.8, 4) is 0 Å². The minimum Gasteiger partial charge on any atom is -0.166 e. The molecule has 0 aliphatic rings. The van der Waals surface area contributed by atoms with Crippen molar-refractivity contribution in [1.82, 2.24) is 0 Å². The largest absolute Gasteiger partial charge is 0.417 e. The Labute approximate surface area is 112 Å². The second kappa shape index (κ2) is 5.22. The summed E-state index contributed by atoms with van der Waals surface area (Å²) in [6, 6.07) is 4.29. The second-order valence-electron chi connectivity index (χ2n) is 4.99. The molecule has 1 rings (SSSR count). The van der Waals surface area contributed by atoms with E-state index in [2.05, 4.69) is 15.9 Å². The molecular weight excluding hydrogens is 313 g/mol. The summed E-state index contributed by atoms with van der Waals surface area (Å²) < 4.78 is 38.9. The molecular formula is C12H14BrF3S. The molecule has 0 aliphatic heterocycles. The van der Waals surface area contributed by atoms with Gasteiger partial charge in [-0.2, -0.15) is 13.2 Å². The van der Waals surface area contributed by atoms with Crippen molar-refractivity contribution in [2.24, 2.45) is 5.41 Å². The monoisotopic (exact) mass is 326 g/mol. The fourth-order valence-electron chi connectivity index (χ4n) is 1.14. The summed E-state index contributed by atoms with van der Waals surface area (Å²) in [7, 11) is 0. The predicted octanol–water partition coefficient (Wildman–Crippen LogP) is 5.61. The van der Waals surface area contributed by atoms with Gasteiger partial charge in [0.1, 0.15) is 0 Å². The quantitative estimate of drug-likeness (QED) is 0.637. The van der Waals surface area contributed by atoms with Gasteiger partial charge in [0.15, 0.2) is 0 Å². The van der Waals surface area contributed by atoms with Crippen LogP contribution >= 0.6 is 27.7 Å². The Morgan fingerprint density at radius 3 is 2.24 bits per heavy atom. The van der Waals surface area contributed by atoms with E-state index in [0.717, 1.165) is 6.07 Å². The van der Waals surface area contributed by atoms with Crippen molar-refractivity contribution < 1.29 is 13.2 Å². The van der Waals surface area contributed by atoms with E-state index in [1.165, 1.54) is 17.8 Å². The Bertz CT molecular complexity index is 394. The molecule has 0 nitrogen and oxygen atoms in total. The molecule has 0 N–H and O–H groups in total. The Morgan fingerprint density at radius 1 is 1.18 bits per heavy atom. The topological polar surface area (TPSA) is 0 Å². The number of thioether (sulfide) groups is 1. The van der Waals surface area contributed by atoms with E-state index in [1.54, 1.807) is 6.07 Å². The molecule has 0 saturated carbocycles. The summed E-state index contributed by atoms with van der Waals surface area (Å²) in [5.41, 5.74) is -0.568. The highest BCUT2D eigenvalue weighted by Crippen LogP contribution is 2.39. The Morgan fingerprint density at radius 2 is 1.76 bits per heavy atom. The molecule has 0 bridgehead atoms. The Hall–Kier alpha value is -0.160. The minimum atomic E-state index is -4.30. The van der Waals surface area contributed by atoms with Crippen LogP contribution in [-0.4, -0.2) is 5.75 Å². The highest BCUT2D eigenvalue weighted by Gasteiger charge is 2.33. The summed E-state index contributed by atoms with van der Waals surface area (Å²) in [6.07, 6.45) is -4.30. The van der Waals surface area contributed by atoms with Crippen molar-refractivity contribution >= 4 is 27.7 Å². The van der Waals surface area contributed by atoms with E-state index < -0.39 is 11.7 Å². The first kappa shape index (κ1) is 14.9. The van der Waals surface area contributed by atoms with Crippen LogP contribution in [0.1, 0.15) is 26.3 Å². The fraction of sp³-hybridized carbons (Fsp3) is 0.500. The highest BCUT2D eigenvalue weighted by molar-refractivity contribution is 9.10. The maximum absolute atomic E-state index is 12.8. The number of rotatable bonds is 2. The van der Waals surface area contributed by atoms with Crippen molar-refractivity contribution in [2.45, 2.75) is 31.8 Å². The molecule has 0 fully saturated rings. The van der Waals surface area contributed by atoms with Gasteiger partial charge in [-0.25, -0.2) is 0 Å². The van der Waals surface area contributed by atoms with Gasteiger partial charge in [-0.3, -0.25) is 0 Å². The number of alkyl halides is 3. The van der Waals surface area contributed by atoms with Crippen LogP contribution in [0, 0.1) is 5.41 Å². The van der Waals surface area contributed by atoms with Gasteiger partial charge in [0.05, 0.1) is 5.56 Å². The molecule has 0 radical (unpaired) electrons. The van der Waals surface area contributed by atoms with E-state index in [-0.39, 0.29) is 10.3 Å². The van der Waals surface area contributed by atoms with E-state index in [1.807, 2.05) is 20.8 Å². The van der Waals surface area contributed by atoms with Crippen molar-refractivity contribution in [3.05, 3.63) is 28.2 Å². The number of hydrogen-bond acceptors (Lipinski definition) is 1. The molecule has 0 amide bonds. The average molecular weight is 327 g/mol. The zero-order valence-corrected chi connectivity index (χ0v) is 12.3. The third-order valence-corrected chi connectivity index (χ3v) is 4.08. The molecule has 0 unspecified atom stereocenters. The third kappa shape index (κ3) is 4.92. The Balaban J connectivity index is 2.99. The van der Waals surface area contributed by atoms with Crippen LogP contribution in [0.4, 0.5) is 13.2 Å². The van der Waals surface area contributed by atoms with Gasteiger partial charge in [-0.05, 0) is 23.6 Å². The van der Waals surface area contributed by atoms with E-state index in [4.69, 9.17) is 0 Å². The van der Waals surface area contributed by atoms with Crippen LogP contribution in [0.15, 0.2) is 27.6 Å². The molecule has 0 aliphatic carbocycles. The van der Waals surface area contributed by atoms with E-state index >= 15 is 0 Å². The fourth-order valence-corrected chi connectivity index (χ4v) is 2.59. The zero-order chi connectivity index (χ0) is 13.3. The van der Waals surface area contributed by atoms with Crippen molar-refractivity contribution in [1.29, 1.82) is 0 Å². The van der Waals surface area contributed by atoms with Crippen LogP contribution in [0.25, 0.3) is 0 Å². The lowest BCUT2D eigenvalue weighted by Gasteiger charge is -2.19. The van der Waals surface area contributed by atoms with Crippen LogP contribution in [0.3, 0.4) is 0 Å². The molecule has 5 heteroatoms. The first-order valence-electron chi connectivity index (χ1n) is 5.09. The number of hydrogen-bond donors (Lipinski definition) is 0. The minimum absolute atomic E-state index is 0.000604. The lowest BCUT2D eigenvalue weighted by molar-refractivity contribution is -0.139. The number of benzene rings is 1. The van der Waals surface area contributed by atoms with E-state index in [9.17, 15) is 13.2 Å². The van der Waals surface area contributed by atoms with Crippen LogP contribution in [-0.2, 0) is 6.18 Å². The van der Waals surface area contributed by atoms with E-state index in [0.29, 0.717) is 10.2 Å². The van der Waals surface area contributed by atoms with Gasteiger partial charge in [-0.1, -0.05) is 36.7 Å². The smallest absolute Gasteiger partial charge is 0.166 e. The zero-order valence-electron chi connectivity index (χ0n) is 9.86. The van der Waals surface area contributed by atoms with Crippen molar-refractivity contribution in [2.75, 3.05) is 5.75 Å². The molecule has 0 spiro atoms. The highest BCUT2D eigenvalue weighted by atomic mass is 79.9. The van der Waals surface area contributed by atoms with Crippen LogP contribution in [0.5, 0.6) is 0 Å². The lowest BCUT2D eigenvalue weighted by Crippen LogP contribution is -2.11. The van der Waals surface area contributed by atoms with Crippen LogP contribution in [0.2, 0.25) is 0 Å². The molecule has 0 saturated heterocycles. The summed E-state index contributed by atoms with van der Waals surface area (Å²) in [6.45, 7) is 6.02. The summed E-state index contributed by atoms with van der Waals surface area (Å²) in [4.78, 5) is 0.288. The Kier molecular flexibility index (Phi) is 4.58. The molecule has 1 aromatic rings. The molecule has 0 aromatic heterocycles. The summed E-state index contributed by atoms with van der Waals surface area (Å²) in [5, 5.41) is 0. The van der Waals surface area contributed by atoms with Gasteiger partial charge in [0.2, 0.25) is 0 Å². The summed E-state index contributed by atoms with van der Waals surface area (Å²) >= 11 is 4.32. The normalized spacial score (nSPS) is 12.9. The first-order chi connectivity index (χ1) is 7.59. The maximum atomic E-state index is 12.8. The number of halogens is 4. The van der Waals surface area contributed by atoms with Crippen LogP contribution < -0.4 is 0 Å². The predicted molar refractivity (Wildman–Crippen MR) is 69.3 cm³/mol. The molecule has 0 heterocycles. The SMILES string of the molecule is CC(C)(C)CSc1ccc(Br)cc1C(F)(F)F. The third-order valence-electron chi connectivity index (χ3n) is 1.91. The van der Waals surface area contributed by atoms with Gasteiger partial charge in [0.25, 0.3) is 0 Å². The first-order valence-corrected chi connectivity index (χ1v) is 6.87. The lowest BCUT2D eigenvalue weighted by atomic mass is 10.0. The second-order valence-corrected chi connectivity index (χ2v) is 6.92. The van der Waals surface area contributed by atoms with Gasteiger partial charge in [-0.15, -0.1) is 11.8 Å². The van der Waals surface area contributed by atoms with Crippen molar-refractivity contribution in [3.63, 3.8) is 0 Å².